The molecule has 0 radical (unpaired) electrons. The minimum Gasteiger partial charge on any atom is -0.496 e. The standard InChI is InChI=1S/C15H13N3O4/c1-22-13-6-5-10(8-11(13)15(20)21)9-17-18-14(19)12-4-2-3-7-16-12/h2-9H,1H3,(H,18,19)(H,20,21)/b17-9-. The van der Waals surface area contributed by atoms with Crippen molar-refractivity contribution >= 4 is 18.1 Å². The van der Waals surface area contributed by atoms with Gasteiger partial charge in [0.25, 0.3) is 5.91 Å². The van der Waals surface area contributed by atoms with Gasteiger partial charge in [0.05, 0.1) is 13.3 Å². The Kier molecular flexibility index (Phi) is 4.81. The second kappa shape index (κ2) is 6.98. The highest BCUT2D eigenvalue weighted by atomic mass is 16.5. The fourth-order valence-electron chi connectivity index (χ4n) is 1.69. The van der Waals surface area contributed by atoms with Gasteiger partial charge in [0.1, 0.15) is 17.0 Å². The zero-order chi connectivity index (χ0) is 15.9. The molecule has 0 spiro atoms. The van der Waals surface area contributed by atoms with Gasteiger partial charge in [0.2, 0.25) is 0 Å². The SMILES string of the molecule is COc1ccc(/C=N\NC(=O)c2ccccn2)cc1C(=O)O. The number of hydrogen-bond donors (Lipinski definition) is 2. The largest absolute Gasteiger partial charge is 0.496 e. The van der Waals surface area contributed by atoms with E-state index in [0.29, 0.717) is 5.56 Å². The molecule has 0 bridgehead atoms. The maximum atomic E-state index is 11.7. The first-order valence-electron chi connectivity index (χ1n) is 6.27. The molecule has 1 aromatic carbocycles. The van der Waals surface area contributed by atoms with Crippen LogP contribution in [-0.4, -0.2) is 35.3 Å². The summed E-state index contributed by atoms with van der Waals surface area (Å²) in [5, 5.41) is 12.9. The summed E-state index contributed by atoms with van der Waals surface area (Å²) in [5.41, 5.74) is 3.08. The van der Waals surface area contributed by atoms with Crippen LogP contribution in [0, 0.1) is 0 Å². The molecule has 0 saturated carbocycles. The van der Waals surface area contributed by atoms with E-state index in [1.807, 2.05) is 0 Å². The number of carbonyl (C=O) groups excluding carboxylic acids is 1. The predicted molar refractivity (Wildman–Crippen MR) is 79.3 cm³/mol. The molecule has 1 aromatic heterocycles. The third-order valence-corrected chi connectivity index (χ3v) is 2.73. The number of ether oxygens (including phenoxy) is 1. The molecule has 2 aromatic rings. The summed E-state index contributed by atoms with van der Waals surface area (Å²) in [6.45, 7) is 0. The van der Waals surface area contributed by atoms with Crippen LogP contribution >= 0.6 is 0 Å². The lowest BCUT2D eigenvalue weighted by Crippen LogP contribution is -2.18. The van der Waals surface area contributed by atoms with Gasteiger partial charge in [-0.25, -0.2) is 10.2 Å². The van der Waals surface area contributed by atoms with Crippen molar-refractivity contribution in [2.75, 3.05) is 7.11 Å². The second-order valence-corrected chi connectivity index (χ2v) is 4.18. The number of carbonyl (C=O) groups is 2. The molecule has 0 atom stereocenters. The fraction of sp³-hybridized carbons (Fsp3) is 0.0667. The van der Waals surface area contributed by atoms with E-state index in [0.717, 1.165) is 0 Å². The fourth-order valence-corrected chi connectivity index (χ4v) is 1.69. The van der Waals surface area contributed by atoms with Gasteiger partial charge < -0.3 is 9.84 Å². The molecule has 7 heteroatoms. The topological polar surface area (TPSA) is 101 Å². The highest BCUT2D eigenvalue weighted by Gasteiger charge is 2.11. The molecule has 22 heavy (non-hydrogen) atoms. The summed E-state index contributed by atoms with van der Waals surface area (Å²) in [6.07, 6.45) is 2.84. The number of aromatic nitrogens is 1. The van der Waals surface area contributed by atoms with E-state index in [4.69, 9.17) is 9.84 Å². The van der Waals surface area contributed by atoms with E-state index in [1.165, 1.54) is 31.7 Å². The first-order valence-corrected chi connectivity index (χ1v) is 6.27. The number of nitrogens with zero attached hydrogens (tertiary/aromatic N) is 2. The Balaban J connectivity index is 2.09. The maximum Gasteiger partial charge on any atom is 0.339 e. The van der Waals surface area contributed by atoms with E-state index in [-0.39, 0.29) is 17.0 Å². The minimum atomic E-state index is -1.11. The number of carboxylic acid groups (broad SMARTS) is 1. The average Bonchev–Trinajstić information content (AvgIpc) is 2.55. The van der Waals surface area contributed by atoms with Crippen molar-refractivity contribution in [2.24, 2.45) is 5.10 Å². The number of rotatable bonds is 5. The predicted octanol–water partition coefficient (Wildman–Crippen LogP) is 1.55. The molecular formula is C15H13N3O4. The molecule has 1 amide bonds. The summed E-state index contributed by atoms with van der Waals surface area (Å²) in [5.74, 6) is -1.31. The summed E-state index contributed by atoms with van der Waals surface area (Å²) in [7, 11) is 1.39. The first-order chi connectivity index (χ1) is 10.6. The van der Waals surface area contributed by atoms with Crippen molar-refractivity contribution in [2.45, 2.75) is 0 Å². The number of nitrogens with one attached hydrogen (secondary N) is 1. The van der Waals surface area contributed by atoms with Gasteiger partial charge in [-0.05, 0) is 35.9 Å². The Bertz CT molecular complexity index is 714. The highest BCUT2D eigenvalue weighted by Crippen LogP contribution is 2.18. The van der Waals surface area contributed by atoms with Crippen LogP contribution in [0.4, 0.5) is 0 Å². The monoisotopic (exact) mass is 299 g/mol. The summed E-state index contributed by atoms with van der Waals surface area (Å²) >= 11 is 0. The number of carboxylic acids is 1. The number of amides is 1. The molecule has 2 N–H and O–H groups in total. The van der Waals surface area contributed by atoms with Gasteiger partial charge in [-0.15, -0.1) is 0 Å². The number of hydrazone groups is 1. The molecular weight excluding hydrogens is 286 g/mol. The van der Waals surface area contributed by atoms with Crippen molar-refractivity contribution in [3.8, 4) is 5.75 Å². The average molecular weight is 299 g/mol. The number of aromatic carboxylic acids is 1. The van der Waals surface area contributed by atoms with Crippen LogP contribution in [-0.2, 0) is 0 Å². The Morgan fingerprint density at radius 2 is 2.14 bits per heavy atom. The van der Waals surface area contributed by atoms with E-state index in [2.05, 4.69) is 15.5 Å². The Hall–Kier alpha value is -3.22. The molecule has 2 rings (SSSR count). The summed E-state index contributed by atoms with van der Waals surface area (Å²) < 4.78 is 4.96. The second-order valence-electron chi connectivity index (χ2n) is 4.18. The van der Waals surface area contributed by atoms with E-state index >= 15 is 0 Å². The van der Waals surface area contributed by atoms with Crippen LogP contribution in [0.3, 0.4) is 0 Å². The molecule has 0 fully saturated rings. The van der Waals surface area contributed by atoms with Gasteiger partial charge in [-0.1, -0.05) is 6.07 Å². The van der Waals surface area contributed by atoms with E-state index in [1.54, 1.807) is 24.3 Å². The molecule has 0 aliphatic carbocycles. The Labute approximate surface area is 126 Å². The van der Waals surface area contributed by atoms with Crippen molar-refractivity contribution in [3.63, 3.8) is 0 Å². The van der Waals surface area contributed by atoms with Gasteiger partial charge in [0.15, 0.2) is 0 Å². The maximum absolute atomic E-state index is 11.7. The quantitative estimate of drug-likeness (QED) is 0.644. The molecule has 0 aliphatic rings. The number of benzene rings is 1. The smallest absolute Gasteiger partial charge is 0.339 e. The van der Waals surface area contributed by atoms with Crippen molar-refractivity contribution < 1.29 is 19.4 Å². The number of pyridine rings is 1. The Morgan fingerprint density at radius 3 is 2.77 bits per heavy atom. The van der Waals surface area contributed by atoms with Crippen molar-refractivity contribution in [3.05, 3.63) is 59.4 Å². The molecule has 0 unspecified atom stereocenters. The van der Waals surface area contributed by atoms with E-state index < -0.39 is 11.9 Å². The third kappa shape index (κ3) is 3.66. The lowest BCUT2D eigenvalue weighted by molar-refractivity contribution is 0.0693. The molecule has 7 nitrogen and oxygen atoms in total. The first kappa shape index (κ1) is 15.2. The van der Waals surface area contributed by atoms with Crippen LogP contribution in [0.2, 0.25) is 0 Å². The zero-order valence-corrected chi connectivity index (χ0v) is 11.7. The molecule has 1 heterocycles. The van der Waals surface area contributed by atoms with Gasteiger partial charge in [-0.2, -0.15) is 5.10 Å². The van der Waals surface area contributed by atoms with E-state index in [9.17, 15) is 9.59 Å². The lowest BCUT2D eigenvalue weighted by Gasteiger charge is -2.05. The van der Waals surface area contributed by atoms with Crippen LogP contribution < -0.4 is 10.2 Å². The van der Waals surface area contributed by atoms with Crippen LogP contribution in [0.25, 0.3) is 0 Å². The van der Waals surface area contributed by atoms with Gasteiger partial charge in [0, 0.05) is 6.20 Å². The van der Waals surface area contributed by atoms with Gasteiger partial charge in [-0.3, -0.25) is 9.78 Å². The number of methoxy groups -OCH3 is 1. The minimum absolute atomic E-state index is 0.0162. The van der Waals surface area contributed by atoms with Crippen molar-refractivity contribution in [1.82, 2.24) is 10.4 Å². The zero-order valence-electron chi connectivity index (χ0n) is 11.7. The molecule has 0 aliphatic heterocycles. The van der Waals surface area contributed by atoms with Crippen LogP contribution in [0.5, 0.6) is 5.75 Å². The van der Waals surface area contributed by atoms with Crippen molar-refractivity contribution in [1.29, 1.82) is 0 Å². The Morgan fingerprint density at radius 1 is 1.32 bits per heavy atom. The van der Waals surface area contributed by atoms with Crippen LogP contribution in [0.15, 0.2) is 47.7 Å². The number of hydrogen-bond acceptors (Lipinski definition) is 5. The molecule has 0 saturated heterocycles. The third-order valence-electron chi connectivity index (χ3n) is 2.73. The summed E-state index contributed by atoms with van der Waals surface area (Å²) in [6, 6.07) is 9.49. The lowest BCUT2D eigenvalue weighted by atomic mass is 10.1. The van der Waals surface area contributed by atoms with Crippen LogP contribution in [0.1, 0.15) is 26.4 Å². The van der Waals surface area contributed by atoms with Gasteiger partial charge >= 0.3 is 5.97 Å². The molecule has 112 valence electrons. The normalized spacial score (nSPS) is 10.4. The summed E-state index contributed by atoms with van der Waals surface area (Å²) in [4.78, 5) is 26.7. The highest BCUT2D eigenvalue weighted by molar-refractivity contribution is 5.95.